The zero-order valence-corrected chi connectivity index (χ0v) is 11.1. The molecule has 2 aromatic rings. The average molecular weight is 268 g/mol. The van der Waals surface area contributed by atoms with Crippen LogP contribution in [0.1, 0.15) is 24.0 Å². The van der Waals surface area contributed by atoms with E-state index in [9.17, 15) is 4.79 Å². The van der Waals surface area contributed by atoms with Crippen LogP contribution in [0.4, 0.5) is 0 Å². The molecule has 1 aliphatic heterocycles. The SMILES string of the molecule is O=C(O)CCCc1ccc2c(c1)-c1ccccc1OC2. The molecule has 0 spiro atoms. The van der Waals surface area contributed by atoms with Gasteiger partial charge in [0, 0.05) is 12.0 Å². The second kappa shape index (κ2) is 5.37. The van der Waals surface area contributed by atoms with Crippen molar-refractivity contribution in [2.45, 2.75) is 25.9 Å². The molecule has 0 amide bonds. The van der Waals surface area contributed by atoms with Crippen LogP contribution in [0.3, 0.4) is 0 Å². The standard InChI is InChI=1S/C17H16O3/c18-17(19)7-3-4-12-8-9-13-11-20-16-6-2-1-5-14(16)15(13)10-12/h1-2,5-6,8-10H,3-4,7,11H2,(H,18,19). The molecule has 0 saturated heterocycles. The largest absolute Gasteiger partial charge is 0.488 e. The Labute approximate surface area is 117 Å². The first-order chi connectivity index (χ1) is 9.74. The van der Waals surface area contributed by atoms with Crippen LogP contribution in [0.2, 0.25) is 0 Å². The smallest absolute Gasteiger partial charge is 0.303 e. The van der Waals surface area contributed by atoms with Crippen molar-refractivity contribution in [1.29, 1.82) is 0 Å². The molecule has 2 aromatic carbocycles. The number of para-hydroxylation sites is 1. The second-order valence-electron chi connectivity index (χ2n) is 5.02. The molecule has 3 nitrogen and oxygen atoms in total. The van der Waals surface area contributed by atoms with Crippen molar-refractivity contribution in [2.24, 2.45) is 0 Å². The van der Waals surface area contributed by atoms with Crippen molar-refractivity contribution in [1.82, 2.24) is 0 Å². The Morgan fingerprint density at radius 1 is 1.15 bits per heavy atom. The Balaban J connectivity index is 1.87. The van der Waals surface area contributed by atoms with E-state index >= 15 is 0 Å². The van der Waals surface area contributed by atoms with Crippen molar-refractivity contribution in [3.05, 3.63) is 53.6 Å². The summed E-state index contributed by atoms with van der Waals surface area (Å²) >= 11 is 0. The van der Waals surface area contributed by atoms with Crippen LogP contribution in [0, 0.1) is 0 Å². The first-order valence-electron chi connectivity index (χ1n) is 6.80. The predicted octanol–water partition coefficient (Wildman–Crippen LogP) is 3.65. The monoisotopic (exact) mass is 268 g/mol. The third kappa shape index (κ3) is 2.52. The van der Waals surface area contributed by atoms with Gasteiger partial charge >= 0.3 is 5.97 Å². The number of fused-ring (bicyclic) bond motifs is 3. The number of aryl methyl sites for hydroxylation is 1. The normalized spacial score (nSPS) is 12.2. The molecule has 1 N–H and O–H groups in total. The maximum atomic E-state index is 10.6. The predicted molar refractivity (Wildman–Crippen MR) is 76.8 cm³/mol. The average Bonchev–Trinajstić information content (AvgIpc) is 2.47. The topological polar surface area (TPSA) is 46.5 Å². The zero-order valence-electron chi connectivity index (χ0n) is 11.1. The summed E-state index contributed by atoms with van der Waals surface area (Å²) in [6, 6.07) is 14.3. The number of carboxylic acids is 1. The number of ether oxygens (including phenoxy) is 1. The van der Waals surface area contributed by atoms with Gasteiger partial charge in [0.15, 0.2) is 0 Å². The molecule has 0 radical (unpaired) electrons. The fourth-order valence-corrected chi connectivity index (χ4v) is 2.57. The van der Waals surface area contributed by atoms with Crippen molar-refractivity contribution >= 4 is 5.97 Å². The number of carboxylic acid groups (broad SMARTS) is 1. The van der Waals surface area contributed by atoms with Crippen LogP contribution in [0.15, 0.2) is 42.5 Å². The summed E-state index contributed by atoms with van der Waals surface area (Å²) in [7, 11) is 0. The van der Waals surface area contributed by atoms with Gasteiger partial charge in [0.1, 0.15) is 12.4 Å². The van der Waals surface area contributed by atoms with E-state index in [0.29, 0.717) is 13.0 Å². The summed E-state index contributed by atoms with van der Waals surface area (Å²) in [5.41, 5.74) is 4.70. The molecular formula is C17H16O3. The Bertz CT molecular complexity index is 646. The lowest BCUT2D eigenvalue weighted by Crippen LogP contribution is -2.06. The van der Waals surface area contributed by atoms with E-state index < -0.39 is 5.97 Å². The lowest BCUT2D eigenvalue weighted by Gasteiger charge is -2.21. The Kier molecular flexibility index (Phi) is 3.42. The summed E-state index contributed by atoms with van der Waals surface area (Å²) < 4.78 is 5.72. The summed E-state index contributed by atoms with van der Waals surface area (Å²) in [6.07, 6.45) is 1.69. The van der Waals surface area contributed by atoms with Crippen LogP contribution in [0.25, 0.3) is 11.1 Å². The minimum atomic E-state index is -0.735. The number of hydrogen-bond donors (Lipinski definition) is 1. The van der Waals surface area contributed by atoms with Crippen LogP contribution in [-0.4, -0.2) is 11.1 Å². The molecule has 0 unspecified atom stereocenters. The van der Waals surface area contributed by atoms with Crippen molar-refractivity contribution < 1.29 is 14.6 Å². The fraction of sp³-hybridized carbons (Fsp3) is 0.235. The van der Waals surface area contributed by atoms with E-state index in [1.807, 2.05) is 18.2 Å². The maximum Gasteiger partial charge on any atom is 0.303 e. The molecule has 0 bridgehead atoms. The summed E-state index contributed by atoms with van der Waals surface area (Å²) in [6.45, 7) is 0.599. The quantitative estimate of drug-likeness (QED) is 0.920. The minimum absolute atomic E-state index is 0.219. The number of aliphatic carboxylic acids is 1. The van der Waals surface area contributed by atoms with Crippen LogP contribution < -0.4 is 4.74 Å². The summed E-state index contributed by atoms with van der Waals surface area (Å²) in [5.74, 6) is 0.185. The molecule has 1 heterocycles. The molecule has 0 fully saturated rings. The zero-order chi connectivity index (χ0) is 13.9. The Hall–Kier alpha value is -2.29. The molecule has 0 aromatic heterocycles. The molecular weight excluding hydrogens is 252 g/mol. The van der Waals surface area contributed by atoms with E-state index in [0.717, 1.165) is 17.7 Å². The molecule has 0 aliphatic carbocycles. The highest BCUT2D eigenvalue weighted by Gasteiger charge is 2.16. The molecule has 3 heteroatoms. The van der Waals surface area contributed by atoms with Crippen molar-refractivity contribution in [3.8, 4) is 16.9 Å². The van der Waals surface area contributed by atoms with E-state index in [4.69, 9.17) is 9.84 Å². The van der Waals surface area contributed by atoms with Gasteiger partial charge in [-0.05, 0) is 35.6 Å². The lowest BCUT2D eigenvalue weighted by atomic mass is 9.93. The van der Waals surface area contributed by atoms with E-state index in [1.165, 1.54) is 16.7 Å². The highest BCUT2D eigenvalue weighted by molar-refractivity contribution is 5.75. The Morgan fingerprint density at radius 2 is 2.00 bits per heavy atom. The molecule has 3 rings (SSSR count). The summed E-state index contributed by atoms with van der Waals surface area (Å²) in [4.78, 5) is 10.6. The van der Waals surface area contributed by atoms with Crippen molar-refractivity contribution in [3.63, 3.8) is 0 Å². The molecule has 0 saturated carbocycles. The molecule has 102 valence electrons. The van der Waals surface area contributed by atoms with Gasteiger partial charge in [0.2, 0.25) is 0 Å². The van der Waals surface area contributed by atoms with Gasteiger partial charge < -0.3 is 9.84 Å². The van der Waals surface area contributed by atoms with Crippen LogP contribution in [0.5, 0.6) is 5.75 Å². The fourth-order valence-electron chi connectivity index (χ4n) is 2.57. The van der Waals surface area contributed by atoms with Gasteiger partial charge in [-0.3, -0.25) is 4.79 Å². The lowest BCUT2D eigenvalue weighted by molar-refractivity contribution is -0.137. The van der Waals surface area contributed by atoms with Crippen LogP contribution in [-0.2, 0) is 17.8 Å². The maximum absolute atomic E-state index is 10.6. The molecule has 20 heavy (non-hydrogen) atoms. The van der Waals surface area contributed by atoms with Gasteiger partial charge in [-0.15, -0.1) is 0 Å². The number of carbonyl (C=O) groups is 1. The number of benzene rings is 2. The minimum Gasteiger partial charge on any atom is -0.488 e. The van der Waals surface area contributed by atoms with E-state index in [2.05, 4.69) is 24.3 Å². The molecule has 1 aliphatic rings. The Morgan fingerprint density at radius 3 is 2.85 bits per heavy atom. The van der Waals surface area contributed by atoms with Gasteiger partial charge in [0.25, 0.3) is 0 Å². The van der Waals surface area contributed by atoms with Gasteiger partial charge in [-0.1, -0.05) is 36.4 Å². The highest BCUT2D eigenvalue weighted by atomic mass is 16.5. The van der Waals surface area contributed by atoms with Crippen molar-refractivity contribution in [2.75, 3.05) is 0 Å². The van der Waals surface area contributed by atoms with E-state index in [-0.39, 0.29) is 6.42 Å². The van der Waals surface area contributed by atoms with Gasteiger partial charge in [0.05, 0.1) is 0 Å². The number of hydrogen-bond acceptors (Lipinski definition) is 2. The third-order valence-electron chi connectivity index (χ3n) is 3.59. The van der Waals surface area contributed by atoms with Gasteiger partial charge in [-0.2, -0.15) is 0 Å². The second-order valence-corrected chi connectivity index (χ2v) is 5.02. The van der Waals surface area contributed by atoms with Crippen LogP contribution >= 0.6 is 0 Å². The van der Waals surface area contributed by atoms with E-state index in [1.54, 1.807) is 0 Å². The first-order valence-corrected chi connectivity index (χ1v) is 6.80. The summed E-state index contributed by atoms with van der Waals surface area (Å²) in [5, 5.41) is 8.70. The van der Waals surface area contributed by atoms with Gasteiger partial charge in [-0.25, -0.2) is 0 Å². The highest BCUT2D eigenvalue weighted by Crippen LogP contribution is 2.37. The molecule has 0 atom stereocenters. The number of rotatable bonds is 4. The third-order valence-corrected chi connectivity index (χ3v) is 3.59. The first kappa shape index (κ1) is 12.7.